The second-order valence-electron chi connectivity index (χ2n) is 4.50. The minimum atomic E-state index is 0.604. The molecule has 1 aromatic heterocycles. The van der Waals surface area contributed by atoms with Gasteiger partial charge in [-0.15, -0.1) is 0 Å². The molecule has 1 heterocycles. The molecule has 3 rings (SSSR count). The summed E-state index contributed by atoms with van der Waals surface area (Å²) in [4.78, 5) is 3.19. The summed E-state index contributed by atoms with van der Waals surface area (Å²) < 4.78 is 5.79. The number of fused-ring (bicyclic) bond motifs is 1. The Labute approximate surface area is 120 Å². The van der Waals surface area contributed by atoms with E-state index in [1.165, 1.54) is 16.5 Å². The van der Waals surface area contributed by atoms with E-state index in [1.807, 2.05) is 32.2 Å². The van der Waals surface area contributed by atoms with Gasteiger partial charge in [-0.1, -0.05) is 43.7 Å². The van der Waals surface area contributed by atoms with Crippen molar-refractivity contribution >= 4 is 10.9 Å². The minimum Gasteiger partial charge on any atom is -0.489 e. The van der Waals surface area contributed by atoms with Crippen LogP contribution < -0.4 is 4.74 Å². The summed E-state index contributed by atoms with van der Waals surface area (Å²) in [5.74, 6) is 0.894. The van der Waals surface area contributed by atoms with E-state index in [0.29, 0.717) is 6.61 Å². The topological polar surface area (TPSA) is 25.0 Å². The van der Waals surface area contributed by atoms with Gasteiger partial charge in [0.25, 0.3) is 0 Å². The first-order valence-corrected chi connectivity index (χ1v) is 7.07. The summed E-state index contributed by atoms with van der Waals surface area (Å²) in [7, 11) is 0. The van der Waals surface area contributed by atoms with E-state index in [9.17, 15) is 0 Å². The Kier molecular flexibility index (Phi) is 4.83. The number of nitrogens with one attached hydrogen (secondary N) is 1. The van der Waals surface area contributed by atoms with Gasteiger partial charge in [0.1, 0.15) is 12.4 Å². The molecular formula is C18H21NO. The van der Waals surface area contributed by atoms with Gasteiger partial charge in [0.2, 0.25) is 0 Å². The van der Waals surface area contributed by atoms with Crippen LogP contribution in [0.5, 0.6) is 5.75 Å². The number of aromatic amines is 1. The summed E-state index contributed by atoms with van der Waals surface area (Å²) in [5.41, 5.74) is 3.56. The maximum Gasteiger partial charge on any atom is 0.121 e. The number of benzene rings is 2. The molecule has 0 saturated carbocycles. The Bertz CT molecular complexity index is 652. The lowest BCUT2D eigenvalue weighted by Gasteiger charge is -2.06. The van der Waals surface area contributed by atoms with Crippen LogP contribution in [0.1, 0.15) is 25.0 Å². The first-order chi connectivity index (χ1) is 9.81. The van der Waals surface area contributed by atoms with E-state index >= 15 is 0 Å². The van der Waals surface area contributed by atoms with Gasteiger partial charge >= 0.3 is 0 Å². The molecular weight excluding hydrogens is 246 g/mol. The van der Waals surface area contributed by atoms with Crippen LogP contribution in [-0.2, 0) is 6.61 Å². The fraction of sp³-hybridized carbons (Fsp3) is 0.222. The summed E-state index contributed by atoms with van der Waals surface area (Å²) in [6, 6.07) is 16.6. The van der Waals surface area contributed by atoms with Gasteiger partial charge in [0, 0.05) is 17.8 Å². The lowest BCUT2D eigenvalue weighted by atomic mass is 10.2. The van der Waals surface area contributed by atoms with Crippen molar-refractivity contribution in [2.45, 2.75) is 27.4 Å². The van der Waals surface area contributed by atoms with Gasteiger partial charge in [-0.3, -0.25) is 0 Å². The zero-order chi connectivity index (χ0) is 14.4. The smallest absolute Gasteiger partial charge is 0.121 e. The zero-order valence-electron chi connectivity index (χ0n) is 12.3. The van der Waals surface area contributed by atoms with Crippen molar-refractivity contribution in [3.63, 3.8) is 0 Å². The molecule has 0 aliphatic rings. The Hall–Kier alpha value is -2.22. The zero-order valence-corrected chi connectivity index (χ0v) is 12.3. The number of ether oxygens (including phenoxy) is 1. The maximum absolute atomic E-state index is 5.79. The SMILES string of the molecule is CC.Cc1ccc(COc2ccc3cc[nH]c3c2)cc1. The van der Waals surface area contributed by atoms with Crippen molar-refractivity contribution in [3.8, 4) is 5.75 Å². The average molecular weight is 267 g/mol. The van der Waals surface area contributed by atoms with Crippen LogP contribution in [-0.4, -0.2) is 4.98 Å². The molecule has 0 atom stereocenters. The summed E-state index contributed by atoms with van der Waals surface area (Å²) >= 11 is 0. The van der Waals surface area contributed by atoms with E-state index in [4.69, 9.17) is 4.74 Å². The third-order valence-electron chi connectivity index (χ3n) is 3.05. The third-order valence-corrected chi connectivity index (χ3v) is 3.05. The molecule has 0 spiro atoms. The molecule has 20 heavy (non-hydrogen) atoms. The van der Waals surface area contributed by atoms with E-state index < -0.39 is 0 Å². The molecule has 0 saturated heterocycles. The molecule has 0 amide bonds. The van der Waals surface area contributed by atoms with Crippen molar-refractivity contribution in [2.24, 2.45) is 0 Å². The molecule has 0 aliphatic heterocycles. The number of aryl methyl sites for hydroxylation is 1. The number of hydrogen-bond donors (Lipinski definition) is 1. The van der Waals surface area contributed by atoms with E-state index in [1.54, 1.807) is 0 Å². The molecule has 0 unspecified atom stereocenters. The standard InChI is InChI=1S/C16H15NO.C2H6/c1-12-2-4-13(5-3-12)11-18-15-7-6-14-8-9-17-16(14)10-15;1-2/h2-10,17H,11H2,1H3;1-2H3. The van der Waals surface area contributed by atoms with E-state index in [2.05, 4.69) is 48.3 Å². The molecule has 0 fully saturated rings. The molecule has 104 valence electrons. The monoisotopic (exact) mass is 267 g/mol. The molecule has 2 heteroatoms. The molecule has 3 aromatic rings. The molecule has 0 aliphatic carbocycles. The predicted molar refractivity (Wildman–Crippen MR) is 85.2 cm³/mol. The van der Waals surface area contributed by atoms with Gasteiger partial charge in [-0.05, 0) is 36.1 Å². The lowest BCUT2D eigenvalue weighted by Crippen LogP contribution is -1.95. The van der Waals surface area contributed by atoms with Crippen LogP contribution in [0.3, 0.4) is 0 Å². The second-order valence-corrected chi connectivity index (χ2v) is 4.50. The highest BCUT2D eigenvalue weighted by atomic mass is 16.5. The highest BCUT2D eigenvalue weighted by Crippen LogP contribution is 2.20. The highest BCUT2D eigenvalue weighted by Gasteiger charge is 1.99. The van der Waals surface area contributed by atoms with Gasteiger partial charge in [0.05, 0.1) is 0 Å². The summed E-state index contributed by atoms with van der Waals surface area (Å²) in [6.45, 7) is 6.69. The molecule has 1 N–H and O–H groups in total. The molecule has 0 bridgehead atoms. The van der Waals surface area contributed by atoms with Crippen molar-refractivity contribution < 1.29 is 4.74 Å². The van der Waals surface area contributed by atoms with Crippen LogP contribution >= 0.6 is 0 Å². The normalized spacial score (nSPS) is 9.95. The minimum absolute atomic E-state index is 0.604. The first kappa shape index (κ1) is 14.2. The van der Waals surface area contributed by atoms with Crippen LogP contribution in [0, 0.1) is 6.92 Å². The highest BCUT2D eigenvalue weighted by molar-refractivity contribution is 5.80. The maximum atomic E-state index is 5.79. The Morgan fingerprint density at radius 1 is 0.950 bits per heavy atom. The predicted octanol–water partition coefficient (Wildman–Crippen LogP) is 5.08. The van der Waals surface area contributed by atoms with Crippen molar-refractivity contribution in [1.29, 1.82) is 0 Å². The Morgan fingerprint density at radius 3 is 2.45 bits per heavy atom. The van der Waals surface area contributed by atoms with Gasteiger partial charge in [0.15, 0.2) is 0 Å². The average Bonchev–Trinajstić information content (AvgIpc) is 2.96. The number of aromatic nitrogens is 1. The van der Waals surface area contributed by atoms with E-state index in [0.717, 1.165) is 11.3 Å². The van der Waals surface area contributed by atoms with Crippen LogP contribution in [0.15, 0.2) is 54.7 Å². The molecule has 2 aromatic carbocycles. The fourth-order valence-corrected chi connectivity index (χ4v) is 1.97. The number of hydrogen-bond acceptors (Lipinski definition) is 1. The fourth-order valence-electron chi connectivity index (χ4n) is 1.97. The third kappa shape index (κ3) is 3.41. The summed E-state index contributed by atoms with van der Waals surface area (Å²) in [6.07, 6.45) is 1.94. The quantitative estimate of drug-likeness (QED) is 0.703. The van der Waals surface area contributed by atoms with Crippen LogP contribution in [0.25, 0.3) is 10.9 Å². The van der Waals surface area contributed by atoms with Crippen molar-refractivity contribution in [2.75, 3.05) is 0 Å². The van der Waals surface area contributed by atoms with Gasteiger partial charge < -0.3 is 9.72 Å². The van der Waals surface area contributed by atoms with Crippen molar-refractivity contribution in [3.05, 3.63) is 65.9 Å². The summed E-state index contributed by atoms with van der Waals surface area (Å²) in [5, 5.41) is 1.21. The van der Waals surface area contributed by atoms with Crippen molar-refractivity contribution in [1.82, 2.24) is 4.98 Å². The van der Waals surface area contributed by atoms with Gasteiger partial charge in [-0.25, -0.2) is 0 Å². The second kappa shape index (κ2) is 6.80. The number of H-pyrrole nitrogens is 1. The largest absolute Gasteiger partial charge is 0.489 e. The Balaban J connectivity index is 0.000000704. The van der Waals surface area contributed by atoms with Crippen LogP contribution in [0.2, 0.25) is 0 Å². The number of rotatable bonds is 3. The van der Waals surface area contributed by atoms with Crippen LogP contribution in [0.4, 0.5) is 0 Å². The molecule has 0 radical (unpaired) electrons. The Morgan fingerprint density at radius 2 is 1.70 bits per heavy atom. The van der Waals surface area contributed by atoms with E-state index in [-0.39, 0.29) is 0 Å². The first-order valence-electron chi connectivity index (χ1n) is 7.07. The molecule has 2 nitrogen and oxygen atoms in total. The lowest BCUT2D eigenvalue weighted by molar-refractivity contribution is 0.306. The van der Waals surface area contributed by atoms with Gasteiger partial charge in [-0.2, -0.15) is 0 Å².